The third-order valence-electron chi connectivity index (χ3n) is 4.02. The van der Waals surface area contributed by atoms with Crippen molar-refractivity contribution < 1.29 is 26.3 Å². The predicted molar refractivity (Wildman–Crippen MR) is 104 cm³/mol. The molecule has 0 saturated heterocycles. The first-order valence-electron chi connectivity index (χ1n) is 7.93. The molecule has 29 heavy (non-hydrogen) atoms. The summed E-state index contributed by atoms with van der Waals surface area (Å²) >= 11 is 12.1. The molecule has 154 valence electrons. The topological polar surface area (TPSA) is 72.0 Å². The highest BCUT2D eigenvalue weighted by molar-refractivity contribution is 7.90. The molecule has 0 fully saturated rings. The molecule has 3 rings (SSSR count). The lowest BCUT2D eigenvalue weighted by Gasteiger charge is -2.07. The van der Waals surface area contributed by atoms with Gasteiger partial charge in [-0.25, -0.2) is 13.4 Å². The second kappa shape index (κ2) is 7.55. The fraction of sp³-hybridized carbons (Fsp3) is 0.167. The van der Waals surface area contributed by atoms with Gasteiger partial charge in [0, 0.05) is 17.4 Å². The van der Waals surface area contributed by atoms with Crippen molar-refractivity contribution in [3.63, 3.8) is 0 Å². The Labute approximate surface area is 174 Å². The molecule has 3 aromatic rings. The molecule has 2 aromatic carbocycles. The molecule has 0 unspecified atom stereocenters. The van der Waals surface area contributed by atoms with Crippen LogP contribution in [0.25, 0.3) is 22.6 Å². The number of benzene rings is 2. The summed E-state index contributed by atoms with van der Waals surface area (Å²) < 4.78 is 68.9. The number of halogens is 5. The zero-order valence-electron chi connectivity index (χ0n) is 14.9. The van der Waals surface area contributed by atoms with Gasteiger partial charge in [0.25, 0.3) is 0 Å². The summed E-state index contributed by atoms with van der Waals surface area (Å²) in [6.45, 7) is 0. The van der Waals surface area contributed by atoms with Crippen LogP contribution in [0.2, 0.25) is 10.0 Å². The van der Waals surface area contributed by atoms with E-state index in [9.17, 15) is 21.6 Å². The highest BCUT2D eigenvalue weighted by Crippen LogP contribution is 2.40. The molecule has 1 heterocycles. The Bertz CT molecular complexity index is 1150. The van der Waals surface area contributed by atoms with Crippen LogP contribution in [0.5, 0.6) is 5.75 Å². The molecular formula is C18H13Cl2F3N2O3S. The molecular weight excluding hydrogens is 452 g/mol. The minimum atomic E-state index is -4.73. The second-order valence-corrected chi connectivity index (χ2v) is 8.91. The van der Waals surface area contributed by atoms with Crippen molar-refractivity contribution in [1.29, 1.82) is 0 Å². The number of hydrogen-bond acceptors (Lipinski definition) is 4. The molecule has 1 aromatic heterocycles. The predicted octanol–water partition coefficient (Wildman–Crippen LogP) is 5.48. The van der Waals surface area contributed by atoms with Crippen LogP contribution in [0.3, 0.4) is 0 Å². The zero-order chi connectivity index (χ0) is 21.6. The van der Waals surface area contributed by atoms with Crippen LogP contribution in [-0.2, 0) is 16.0 Å². The van der Waals surface area contributed by atoms with Gasteiger partial charge in [0.2, 0.25) is 0 Å². The maximum absolute atomic E-state index is 13.6. The van der Waals surface area contributed by atoms with Crippen molar-refractivity contribution >= 4 is 33.0 Å². The smallest absolute Gasteiger partial charge is 0.433 e. The van der Waals surface area contributed by atoms with E-state index in [1.54, 1.807) is 0 Å². The van der Waals surface area contributed by atoms with Crippen molar-refractivity contribution in [1.82, 2.24) is 9.97 Å². The van der Waals surface area contributed by atoms with Crippen molar-refractivity contribution in [2.45, 2.75) is 11.1 Å². The average Bonchev–Trinajstić information content (AvgIpc) is 3.06. The molecule has 5 nitrogen and oxygen atoms in total. The van der Waals surface area contributed by atoms with E-state index in [1.807, 2.05) is 0 Å². The van der Waals surface area contributed by atoms with Crippen LogP contribution in [-0.4, -0.2) is 31.8 Å². The minimum Gasteiger partial charge on any atom is -0.494 e. The summed E-state index contributed by atoms with van der Waals surface area (Å²) in [6.07, 6.45) is -3.72. The van der Waals surface area contributed by atoms with Crippen LogP contribution in [0.1, 0.15) is 5.69 Å². The maximum Gasteiger partial charge on any atom is 0.433 e. The van der Waals surface area contributed by atoms with Gasteiger partial charge in [0.15, 0.2) is 15.6 Å². The van der Waals surface area contributed by atoms with Gasteiger partial charge in [-0.1, -0.05) is 35.3 Å². The zero-order valence-corrected chi connectivity index (χ0v) is 17.3. The average molecular weight is 465 g/mol. The number of alkyl halides is 3. The Hall–Kier alpha value is -2.23. The summed E-state index contributed by atoms with van der Waals surface area (Å²) in [5.74, 6) is 0.0854. The number of aromatic amines is 1. The van der Waals surface area contributed by atoms with E-state index < -0.39 is 21.7 Å². The molecule has 0 atom stereocenters. The van der Waals surface area contributed by atoms with Crippen molar-refractivity contribution in [3.05, 3.63) is 52.1 Å². The normalized spacial score (nSPS) is 12.2. The van der Waals surface area contributed by atoms with Gasteiger partial charge >= 0.3 is 6.18 Å². The summed E-state index contributed by atoms with van der Waals surface area (Å²) in [4.78, 5) is 6.31. The van der Waals surface area contributed by atoms with Crippen molar-refractivity contribution in [3.8, 4) is 28.4 Å². The van der Waals surface area contributed by atoms with Gasteiger partial charge in [-0.2, -0.15) is 13.2 Å². The SMILES string of the molecule is COc1c(Cl)cc(-c2nc(-c3ccc(S(C)(=O)=O)cc3)c(C(F)(F)F)[nH]2)cc1Cl. The van der Waals surface area contributed by atoms with Crippen LogP contribution >= 0.6 is 23.2 Å². The Morgan fingerprint density at radius 3 is 2.03 bits per heavy atom. The highest BCUT2D eigenvalue weighted by atomic mass is 35.5. The van der Waals surface area contributed by atoms with Gasteiger partial charge in [0.05, 0.1) is 22.1 Å². The number of rotatable bonds is 4. The number of hydrogen-bond donors (Lipinski definition) is 1. The molecule has 0 aliphatic carbocycles. The van der Waals surface area contributed by atoms with Crippen LogP contribution < -0.4 is 4.74 Å². The Morgan fingerprint density at radius 1 is 1.03 bits per heavy atom. The molecule has 0 amide bonds. The van der Waals surface area contributed by atoms with Gasteiger partial charge in [-0.3, -0.25) is 0 Å². The second-order valence-electron chi connectivity index (χ2n) is 6.08. The number of ether oxygens (including phenoxy) is 1. The summed E-state index contributed by atoms with van der Waals surface area (Å²) in [5.41, 5.74) is -1.14. The number of nitrogens with one attached hydrogen (secondary N) is 1. The van der Waals surface area contributed by atoms with Crippen LogP contribution in [0.4, 0.5) is 13.2 Å². The molecule has 0 aliphatic rings. The Kier molecular flexibility index (Phi) is 5.59. The van der Waals surface area contributed by atoms with E-state index in [0.717, 1.165) is 6.26 Å². The molecule has 11 heteroatoms. The Morgan fingerprint density at radius 2 is 1.59 bits per heavy atom. The molecule has 0 spiro atoms. The lowest BCUT2D eigenvalue weighted by atomic mass is 10.1. The fourth-order valence-corrected chi connectivity index (χ4v) is 3.95. The first-order chi connectivity index (χ1) is 13.4. The van der Waals surface area contributed by atoms with Gasteiger partial charge in [-0.05, 0) is 24.3 Å². The van der Waals surface area contributed by atoms with E-state index in [2.05, 4.69) is 9.97 Å². The van der Waals surface area contributed by atoms with E-state index in [1.165, 1.54) is 43.5 Å². The Balaban J connectivity index is 2.16. The standard InChI is InChI=1S/C18H13Cl2F3N2O3S/c1-28-15-12(19)7-10(8-13(15)20)17-24-14(16(25-17)18(21,22)23)9-3-5-11(6-4-9)29(2,26)27/h3-8H,1-2H3,(H,24,25). The first-order valence-corrected chi connectivity index (χ1v) is 10.6. The van der Waals surface area contributed by atoms with E-state index >= 15 is 0 Å². The molecule has 1 N–H and O–H groups in total. The van der Waals surface area contributed by atoms with Crippen molar-refractivity contribution in [2.24, 2.45) is 0 Å². The van der Waals surface area contributed by atoms with E-state index in [-0.39, 0.29) is 43.3 Å². The highest BCUT2D eigenvalue weighted by Gasteiger charge is 2.37. The minimum absolute atomic E-state index is 0.0146. The number of imidazole rings is 1. The fourth-order valence-electron chi connectivity index (χ4n) is 2.68. The molecule has 0 radical (unpaired) electrons. The van der Waals surface area contributed by atoms with Gasteiger partial charge in [-0.15, -0.1) is 0 Å². The van der Waals surface area contributed by atoms with E-state index in [0.29, 0.717) is 0 Å². The molecule has 0 aliphatic heterocycles. The summed E-state index contributed by atoms with van der Waals surface area (Å²) in [6, 6.07) is 7.73. The third kappa shape index (κ3) is 4.36. The van der Waals surface area contributed by atoms with Crippen molar-refractivity contribution in [2.75, 3.05) is 13.4 Å². The first kappa shape index (κ1) is 21.5. The number of aromatic nitrogens is 2. The van der Waals surface area contributed by atoms with Crippen LogP contribution in [0, 0.1) is 0 Å². The number of nitrogens with zero attached hydrogens (tertiary/aromatic N) is 1. The summed E-state index contributed by atoms with van der Waals surface area (Å²) in [5, 5.41) is 0.220. The third-order valence-corrected chi connectivity index (χ3v) is 5.71. The quantitative estimate of drug-likeness (QED) is 0.554. The van der Waals surface area contributed by atoms with Gasteiger partial charge in [0.1, 0.15) is 17.2 Å². The lowest BCUT2D eigenvalue weighted by molar-refractivity contribution is -0.140. The number of methoxy groups -OCH3 is 1. The number of H-pyrrole nitrogens is 1. The van der Waals surface area contributed by atoms with Crippen LogP contribution in [0.15, 0.2) is 41.3 Å². The number of sulfone groups is 1. The largest absolute Gasteiger partial charge is 0.494 e. The monoisotopic (exact) mass is 464 g/mol. The van der Waals surface area contributed by atoms with E-state index in [4.69, 9.17) is 27.9 Å². The van der Waals surface area contributed by atoms with Gasteiger partial charge < -0.3 is 9.72 Å². The lowest BCUT2D eigenvalue weighted by Crippen LogP contribution is -2.07. The summed E-state index contributed by atoms with van der Waals surface area (Å²) in [7, 11) is -2.13. The molecule has 0 saturated carbocycles. The maximum atomic E-state index is 13.6. The molecule has 0 bridgehead atoms.